The predicted molar refractivity (Wildman–Crippen MR) is 64.3 cm³/mol. The third kappa shape index (κ3) is 2.31. The number of rotatable bonds is 4. The minimum atomic E-state index is 0.719. The number of anilines is 2. The zero-order chi connectivity index (χ0) is 11.4. The highest BCUT2D eigenvalue weighted by Gasteiger charge is 1.99. The van der Waals surface area contributed by atoms with E-state index in [0.29, 0.717) is 0 Å². The largest absolute Gasteiger partial charge is 0.373 e. The summed E-state index contributed by atoms with van der Waals surface area (Å²) in [6.07, 6.45) is 1.79. The number of hydrogen-bond acceptors (Lipinski definition) is 4. The van der Waals surface area contributed by atoms with Gasteiger partial charge in [-0.3, -0.25) is 4.68 Å². The van der Waals surface area contributed by atoms with Crippen molar-refractivity contribution in [2.45, 2.75) is 6.54 Å². The van der Waals surface area contributed by atoms with Gasteiger partial charge in [-0.2, -0.15) is 5.10 Å². The quantitative estimate of drug-likeness (QED) is 0.814. The Labute approximate surface area is 94.5 Å². The molecule has 0 bridgehead atoms. The van der Waals surface area contributed by atoms with Crippen LogP contribution in [0.5, 0.6) is 0 Å². The molecule has 2 N–H and O–H groups in total. The molecule has 16 heavy (non-hydrogen) atoms. The van der Waals surface area contributed by atoms with Gasteiger partial charge in [0.1, 0.15) is 11.6 Å². The average Bonchev–Trinajstić information content (AvgIpc) is 2.72. The minimum absolute atomic E-state index is 0.719. The fourth-order valence-corrected chi connectivity index (χ4v) is 1.43. The second-order valence-corrected chi connectivity index (χ2v) is 3.46. The van der Waals surface area contributed by atoms with Gasteiger partial charge in [-0.1, -0.05) is 6.07 Å². The molecule has 0 unspecified atom stereocenters. The Morgan fingerprint density at radius 2 is 2.06 bits per heavy atom. The van der Waals surface area contributed by atoms with Crippen molar-refractivity contribution in [1.29, 1.82) is 0 Å². The van der Waals surface area contributed by atoms with Crippen molar-refractivity contribution < 1.29 is 0 Å². The molecule has 0 radical (unpaired) electrons. The molecular formula is C11H15N5. The lowest BCUT2D eigenvalue weighted by Crippen LogP contribution is -2.06. The minimum Gasteiger partial charge on any atom is -0.373 e. The van der Waals surface area contributed by atoms with Gasteiger partial charge in [-0.25, -0.2) is 4.98 Å². The zero-order valence-electron chi connectivity index (χ0n) is 9.44. The van der Waals surface area contributed by atoms with E-state index in [2.05, 4.69) is 20.7 Å². The molecule has 5 heteroatoms. The summed E-state index contributed by atoms with van der Waals surface area (Å²) in [5, 5.41) is 10.4. The summed E-state index contributed by atoms with van der Waals surface area (Å²) >= 11 is 0. The summed E-state index contributed by atoms with van der Waals surface area (Å²) in [4.78, 5) is 4.37. The predicted octanol–water partition coefficient (Wildman–Crippen LogP) is 1.47. The Balaban J connectivity index is 2.02. The zero-order valence-corrected chi connectivity index (χ0v) is 9.44. The molecule has 0 aliphatic carbocycles. The van der Waals surface area contributed by atoms with Crippen LogP contribution < -0.4 is 10.6 Å². The molecule has 2 heterocycles. The van der Waals surface area contributed by atoms with Crippen LogP contribution in [-0.2, 0) is 13.6 Å². The highest BCUT2D eigenvalue weighted by molar-refractivity contribution is 5.44. The molecule has 5 nitrogen and oxygen atoms in total. The third-order valence-electron chi connectivity index (χ3n) is 2.38. The maximum atomic E-state index is 4.37. The SMILES string of the molecule is CNc1cccc(NCc2ccnn2C)n1. The fraction of sp³-hybridized carbons (Fsp3) is 0.273. The van der Waals surface area contributed by atoms with E-state index >= 15 is 0 Å². The summed E-state index contributed by atoms with van der Waals surface area (Å²) in [7, 11) is 3.78. The molecule has 0 amide bonds. The Morgan fingerprint density at radius 1 is 1.25 bits per heavy atom. The molecular weight excluding hydrogens is 202 g/mol. The van der Waals surface area contributed by atoms with Crippen LogP contribution in [0.15, 0.2) is 30.5 Å². The van der Waals surface area contributed by atoms with Crippen LogP contribution in [0.4, 0.5) is 11.6 Å². The van der Waals surface area contributed by atoms with Gasteiger partial charge in [0.05, 0.1) is 12.2 Å². The van der Waals surface area contributed by atoms with Crippen LogP contribution in [0.1, 0.15) is 5.69 Å². The molecule has 0 saturated heterocycles. The van der Waals surface area contributed by atoms with Crippen molar-refractivity contribution in [3.05, 3.63) is 36.2 Å². The first-order valence-corrected chi connectivity index (χ1v) is 5.15. The molecule has 2 aromatic rings. The Bertz CT molecular complexity index is 463. The van der Waals surface area contributed by atoms with Crippen molar-refractivity contribution in [2.24, 2.45) is 7.05 Å². The molecule has 0 saturated carbocycles. The van der Waals surface area contributed by atoms with Gasteiger partial charge < -0.3 is 10.6 Å². The smallest absolute Gasteiger partial charge is 0.128 e. The molecule has 0 aromatic carbocycles. The van der Waals surface area contributed by atoms with Crippen molar-refractivity contribution in [1.82, 2.24) is 14.8 Å². The Hall–Kier alpha value is -2.04. The topological polar surface area (TPSA) is 54.8 Å². The molecule has 0 fully saturated rings. The van der Waals surface area contributed by atoms with Gasteiger partial charge in [-0.05, 0) is 18.2 Å². The van der Waals surface area contributed by atoms with Crippen molar-refractivity contribution in [3.8, 4) is 0 Å². The fourth-order valence-electron chi connectivity index (χ4n) is 1.43. The first-order chi connectivity index (χ1) is 7.79. The van der Waals surface area contributed by atoms with Crippen LogP contribution >= 0.6 is 0 Å². The van der Waals surface area contributed by atoms with Crippen LogP contribution in [0.2, 0.25) is 0 Å². The van der Waals surface area contributed by atoms with Gasteiger partial charge in [0.15, 0.2) is 0 Å². The first kappa shape index (κ1) is 10.5. The lowest BCUT2D eigenvalue weighted by Gasteiger charge is -2.07. The molecule has 0 atom stereocenters. The summed E-state index contributed by atoms with van der Waals surface area (Å²) in [6, 6.07) is 7.81. The average molecular weight is 217 g/mol. The summed E-state index contributed by atoms with van der Waals surface area (Å²) in [5.74, 6) is 1.71. The van der Waals surface area contributed by atoms with Gasteiger partial charge in [0.25, 0.3) is 0 Å². The van der Waals surface area contributed by atoms with E-state index < -0.39 is 0 Å². The van der Waals surface area contributed by atoms with E-state index in [9.17, 15) is 0 Å². The summed E-state index contributed by atoms with van der Waals surface area (Å²) < 4.78 is 1.84. The van der Waals surface area contributed by atoms with E-state index in [1.807, 2.05) is 43.0 Å². The lowest BCUT2D eigenvalue weighted by atomic mass is 10.4. The summed E-state index contributed by atoms with van der Waals surface area (Å²) in [6.45, 7) is 0.719. The maximum absolute atomic E-state index is 4.37. The lowest BCUT2D eigenvalue weighted by molar-refractivity contribution is 0.720. The highest BCUT2D eigenvalue weighted by Crippen LogP contribution is 2.09. The van der Waals surface area contributed by atoms with Gasteiger partial charge in [0.2, 0.25) is 0 Å². The van der Waals surface area contributed by atoms with E-state index in [0.717, 1.165) is 23.9 Å². The van der Waals surface area contributed by atoms with Crippen LogP contribution in [0.3, 0.4) is 0 Å². The van der Waals surface area contributed by atoms with Crippen LogP contribution in [-0.4, -0.2) is 21.8 Å². The third-order valence-corrected chi connectivity index (χ3v) is 2.38. The molecule has 0 aliphatic heterocycles. The molecule has 0 spiro atoms. The number of nitrogens with zero attached hydrogens (tertiary/aromatic N) is 3. The molecule has 84 valence electrons. The monoisotopic (exact) mass is 217 g/mol. The first-order valence-electron chi connectivity index (χ1n) is 5.15. The number of pyridine rings is 1. The van der Waals surface area contributed by atoms with Crippen molar-refractivity contribution in [2.75, 3.05) is 17.7 Å². The Kier molecular flexibility index (Phi) is 3.05. The standard InChI is InChI=1S/C11H15N5/c1-12-10-4-3-5-11(15-10)13-8-9-6-7-14-16(9)2/h3-7H,8H2,1-2H3,(H2,12,13,15). The maximum Gasteiger partial charge on any atom is 0.128 e. The normalized spacial score (nSPS) is 10.1. The second kappa shape index (κ2) is 4.65. The van der Waals surface area contributed by atoms with Crippen molar-refractivity contribution in [3.63, 3.8) is 0 Å². The number of nitrogens with one attached hydrogen (secondary N) is 2. The van der Waals surface area contributed by atoms with Crippen LogP contribution in [0.25, 0.3) is 0 Å². The van der Waals surface area contributed by atoms with Crippen LogP contribution in [0, 0.1) is 0 Å². The van der Waals surface area contributed by atoms with Gasteiger partial charge in [0, 0.05) is 20.3 Å². The Morgan fingerprint density at radius 3 is 2.75 bits per heavy atom. The highest BCUT2D eigenvalue weighted by atomic mass is 15.3. The van der Waals surface area contributed by atoms with E-state index in [4.69, 9.17) is 0 Å². The van der Waals surface area contributed by atoms with Crippen molar-refractivity contribution >= 4 is 11.6 Å². The van der Waals surface area contributed by atoms with E-state index in [-0.39, 0.29) is 0 Å². The molecule has 2 rings (SSSR count). The van der Waals surface area contributed by atoms with Gasteiger partial charge >= 0.3 is 0 Å². The number of hydrogen-bond donors (Lipinski definition) is 2. The number of aryl methyl sites for hydroxylation is 1. The molecule has 2 aromatic heterocycles. The van der Waals surface area contributed by atoms with E-state index in [1.165, 1.54) is 0 Å². The van der Waals surface area contributed by atoms with E-state index in [1.54, 1.807) is 6.20 Å². The number of aromatic nitrogens is 3. The van der Waals surface area contributed by atoms with Gasteiger partial charge in [-0.15, -0.1) is 0 Å². The molecule has 0 aliphatic rings. The summed E-state index contributed by atoms with van der Waals surface area (Å²) in [5.41, 5.74) is 1.12. The second-order valence-electron chi connectivity index (χ2n) is 3.46.